The number of anilines is 1. The van der Waals surface area contributed by atoms with Crippen LogP contribution in [0.15, 0.2) is 15.8 Å². The molecule has 0 aliphatic carbocycles. The number of hydrogen-bond acceptors (Lipinski definition) is 5. The van der Waals surface area contributed by atoms with Gasteiger partial charge in [0.15, 0.2) is 5.16 Å². The van der Waals surface area contributed by atoms with Crippen molar-refractivity contribution in [2.45, 2.75) is 36.9 Å². The van der Waals surface area contributed by atoms with Crippen LogP contribution in [0.4, 0.5) is 5.82 Å². The number of halogens is 1. The van der Waals surface area contributed by atoms with Crippen molar-refractivity contribution in [2.75, 3.05) is 37.3 Å². The number of piperidine rings is 1. The molecule has 110 valence electrons. The van der Waals surface area contributed by atoms with E-state index >= 15 is 0 Å². The monoisotopic (exact) mass is 356 g/mol. The first-order valence-electron chi connectivity index (χ1n) is 7.33. The fraction of sp³-hybridized carbons (Fsp3) is 0.714. The lowest BCUT2D eigenvalue weighted by molar-refractivity contribution is 0.207. The fourth-order valence-electron chi connectivity index (χ4n) is 3.21. The molecule has 2 saturated heterocycles. The lowest BCUT2D eigenvalue weighted by atomic mass is 10.0. The molecule has 2 aliphatic rings. The van der Waals surface area contributed by atoms with E-state index in [2.05, 4.69) is 35.7 Å². The Morgan fingerprint density at radius 2 is 1.90 bits per heavy atom. The van der Waals surface area contributed by atoms with Crippen LogP contribution in [0.2, 0.25) is 0 Å². The first-order valence-corrected chi connectivity index (χ1v) is 9.35. The van der Waals surface area contributed by atoms with Crippen LogP contribution < -0.4 is 4.90 Å². The summed E-state index contributed by atoms with van der Waals surface area (Å²) < 4.78 is 1.01. The van der Waals surface area contributed by atoms with Gasteiger partial charge in [0, 0.05) is 25.3 Å². The van der Waals surface area contributed by atoms with Crippen LogP contribution in [0.3, 0.4) is 0 Å². The van der Waals surface area contributed by atoms with Gasteiger partial charge in [-0.25, -0.2) is 9.97 Å². The highest BCUT2D eigenvalue weighted by Crippen LogP contribution is 2.29. The molecule has 3 heterocycles. The summed E-state index contributed by atoms with van der Waals surface area (Å²) in [5.41, 5.74) is 0. The molecule has 20 heavy (non-hydrogen) atoms. The van der Waals surface area contributed by atoms with Crippen molar-refractivity contribution in [1.82, 2.24) is 14.9 Å². The molecule has 1 aromatic heterocycles. The zero-order valence-corrected chi connectivity index (χ0v) is 14.3. The largest absolute Gasteiger partial charge is 0.355 e. The fourth-order valence-corrected chi connectivity index (χ4v) is 3.99. The predicted molar refractivity (Wildman–Crippen MR) is 87.6 cm³/mol. The normalized spacial score (nSPS) is 21.6. The van der Waals surface area contributed by atoms with Crippen molar-refractivity contribution >= 4 is 33.5 Å². The quantitative estimate of drug-likeness (QED) is 0.613. The van der Waals surface area contributed by atoms with Gasteiger partial charge in [-0.15, -0.1) is 0 Å². The maximum Gasteiger partial charge on any atom is 0.189 e. The first-order chi connectivity index (χ1) is 9.78. The molecule has 2 aliphatic heterocycles. The molecular weight excluding hydrogens is 336 g/mol. The molecule has 0 N–H and O–H groups in total. The van der Waals surface area contributed by atoms with Crippen molar-refractivity contribution in [1.29, 1.82) is 0 Å². The second kappa shape index (κ2) is 6.62. The summed E-state index contributed by atoms with van der Waals surface area (Å²) in [6, 6.07) is 0.786. The van der Waals surface area contributed by atoms with E-state index in [4.69, 9.17) is 0 Å². The summed E-state index contributed by atoms with van der Waals surface area (Å²) in [6.45, 7) is 4.81. The molecular formula is C14H21BrN4S. The van der Waals surface area contributed by atoms with Gasteiger partial charge >= 0.3 is 0 Å². The highest BCUT2D eigenvalue weighted by molar-refractivity contribution is 9.10. The van der Waals surface area contributed by atoms with Crippen molar-refractivity contribution in [3.63, 3.8) is 0 Å². The molecule has 3 rings (SSSR count). The van der Waals surface area contributed by atoms with Gasteiger partial charge in [-0.2, -0.15) is 0 Å². The van der Waals surface area contributed by atoms with E-state index in [1.165, 1.54) is 38.8 Å². The lowest BCUT2D eigenvalue weighted by Gasteiger charge is -2.37. The van der Waals surface area contributed by atoms with Crippen LogP contribution in [0, 0.1) is 0 Å². The maximum atomic E-state index is 4.65. The Bertz CT molecular complexity index is 456. The maximum absolute atomic E-state index is 4.65. The highest BCUT2D eigenvalue weighted by atomic mass is 79.9. The van der Waals surface area contributed by atoms with Crippen molar-refractivity contribution in [2.24, 2.45) is 0 Å². The van der Waals surface area contributed by atoms with Crippen molar-refractivity contribution < 1.29 is 0 Å². The van der Waals surface area contributed by atoms with Gasteiger partial charge in [-0.1, -0.05) is 11.8 Å². The Labute approximate surface area is 133 Å². The Balaban J connectivity index is 1.65. The third kappa shape index (κ3) is 3.12. The number of rotatable bonds is 3. The molecule has 0 spiro atoms. The minimum absolute atomic E-state index is 0.786. The van der Waals surface area contributed by atoms with E-state index in [1.807, 2.05) is 12.5 Å². The highest BCUT2D eigenvalue weighted by Gasteiger charge is 2.27. The van der Waals surface area contributed by atoms with Gasteiger partial charge in [-0.05, 0) is 61.0 Å². The molecule has 2 fully saturated rings. The van der Waals surface area contributed by atoms with E-state index in [0.717, 1.165) is 34.6 Å². The second-order valence-corrected chi connectivity index (χ2v) is 7.12. The topological polar surface area (TPSA) is 32.3 Å². The zero-order chi connectivity index (χ0) is 13.9. The second-order valence-electron chi connectivity index (χ2n) is 5.49. The summed E-state index contributed by atoms with van der Waals surface area (Å²) >= 11 is 5.19. The number of hydrogen-bond donors (Lipinski definition) is 0. The summed E-state index contributed by atoms with van der Waals surface area (Å²) in [5.74, 6) is 1.06. The average Bonchev–Trinajstić information content (AvgIpc) is 3.02. The van der Waals surface area contributed by atoms with Gasteiger partial charge < -0.3 is 9.80 Å². The van der Waals surface area contributed by atoms with Crippen LogP contribution in [-0.4, -0.2) is 53.3 Å². The zero-order valence-electron chi connectivity index (χ0n) is 11.9. The summed E-state index contributed by atoms with van der Waals surface area (Å²) in [5, 5.41) is 0.852. The molecule has 0 radical (unpaired) electrons. The van der Waals surface area contributed by atoms with Crippen LogP contribution in [0.1, 0.15) is 25.7 Å². The number of aromatic nitrogens is 2. The third-order valence-electron chi connectivity index (χ3n) is 4.31. The molecule has 0 bridgehead atoms. The van der Waals surface area contributed by atoms with Gasteiger partial charge in [0.2, 0.25) is 0 Å². The number of nitrogens with zero attached hydrogens (tertiary/aromatic N) is 4. The summed E-state index contributed by atoms with van der Waals surface area (Å²) in [6.07, 6.45) is 9.17. The SMILES string of the molecule is CSc1ncc(Br)c(N2CCC(N3CCCC3)CC2)n1. The Morgan fingerprint density at radius 1 is 1.20 bits per heavy atom. The molecule has 6 heteroatoms. The summed E-state index contributed by atoms with van der Waals surface area (Å²) in [7, 11) is 0. The molecule has 0 saturated carbocycles. The van der Waals surface area contributed by atoms with E-state index in [9.17, 15) is 0 Å². The Hall–Kier alpha value is -0.330. The van der Waals surface area contributed by atoms with Crippen LogP contribution >= 0.6 is 27.7 Å². The molecule has 1 aromatic rings. The molecule has 0 atom stereocenters. The standard InChI is InChI=1S/C14H21BrN4S/c1-20-14-16-10-12(15)13(17-14)19-8-4-11(5-9-19)18-6-2-3-7-18/h10-11H,2-9H2,1H3. The Morgan fingerprint density at radius 3 is 2.55 bits per heavy atom. The lowest BCUT2D eigenvalue weighted by Crippen LogP contribution is -2.44. The predicted octanol–water partition coefficient (Wildman–Crippen LogP) is 3.03. The van der Waals surface area contributed by atoms with Gasteiger partial charge in [0.1, 0.15) is 5.82 Å². The van der Waals surface area contributed by atoms with E-state index in [1.54, 1.807) is 11.8 Å². The van der Waals surface area contributed by atoms with Crippen LogP contribution in [0.25, 0.3) is 0 Å². The van der Waals surface area contributed by atoms with E-state index in [0.29, 0.717) is 0 Å². The van der Waals surface area contributed by atoms with Crippen molar-refractivity contribution in [3.05, 3.63) is 10.7 Å². The minimum atomic E-state index is 0.786. The van der Waals surface area contributed by atoms with E-state index < -0.39 is 0 Å². The molecule has 0 amide bonds. The average molecular weight is 357 g/mol. The summed E-state index contributed by atoms with van der Waals surface area (Å²) in [4.78, 5) is 14.0. The van der Waals surface area contributed by atoms with Crippen LogP contribution in [-0.2, 0) is 0 Å². The first kappa shape index (κ1) is 14.6. The smallest absolute Gasteiger partial charge is 0.189 e. The van der Waals surface area contributed by atoms with Gasteiger partial charge in [0.25, 0.3) is 0 Å². The minimum Gasteiger partial charge on any atom is -0.355 e. The van der Waals surface area contributed by atoms with Gasteiger partial charge in [0.05, 0.1) is 4.47 Å². The van der Waals surface area contributed by atoms with E-state index in [-0.39, 0.29) is 0 Å². The molecule has 4 nitrogen and oxygen atoms in total. The Kier molecular flexibility index (Phi) is 4.83. The van der Waals surface area contributed by atoms with Gasteiger partial charge in [-0.3, -0.25) is 0 Å². The third-order valence-corrected chi connectivity index (χ3v) is 5.43. The molecule has 0 aromatic carbocycles. The molecule has 0 unspecified atom stereocenters. The van der Waals surface area contributed by atoms with Crippen molar-refractivity contribution in [3.8, 4) is 0 Å². The number of thioether (sulfide) groups is 1. The van der Waals surface area contributed by atoms with Crippen LogP contribution in [0.5, 0.6) is 0 Å². The number of likely N-dealkylation sites (tertiary alicyclic amines) is 1.